The molecular formula is C23H26N2O3S. The third-order valence-electron chi connectivity index (χ3n) is 5.28. The summed E-state index contributed by atoms with van der Waals surface area (Å²) in [5.74, 6) is -1.40. The van der Waals surface area contributed by atoms with Crippen LogP contribution in [0.25, 0.3) is 10.8 Å². The quantitative estimate of drug-likeness (QED) is 0.578. The lowest BCUT2D eigenvalue weighted by Gasteiger charge is -2.19. The first kappa shape index (κ1) is 21.0. The number of carbonyl (C=O) groups is 2. The topological polar surface area (TPSA) is 79.3 Å². The van der Waals surface area contributed by atoms with Crippen LogP contribution >= 0.6 is 11.3 Å². The number of nitrogens with one attached hydrogen (secondary N) is 1. The number of nitrogens with zero attached hydrogens (tertiary/aromatic N) is 1. The molecule has 0 spiro atoms. The van der Waals surface area contributed by atoms with Crippen molar-refractivity contribution in [1.29, 1.82) is 0 Å². The van der Waals surface area contributed by atoms with Gasteiger partial charge in [0.25, 0.3) is 0 Å². The van der Waals surface area contributed by atoms with Crippen molar-refractivity contribution in [3.63, 3.8) is 0 Å². The molecule has 0 bridgehead atoms. The lowest BCUT2D eigenvalue weighted by atomic mass is 9.99. The molecule has 2 N–H and O–H groups in total. The first-order valence-electron chi connectivity index (χ1n) is 9.83. The number of aliphatic carboxylic acids is 1. The summed E-state index contributed by atoms with van der Waals surface area (Å²) >= 11 is 1.52. The predicted octanol–water partition coefficient (Wildman–Crippen LogP) is 4.35. The van der Waals surface area contributed by atoms with E-state index < -0.39 is 12.0 Å². The summed E-state index contributed by atoms with van der Waals surface area (Å²) in [5, 5.41) is 15.4. The van der Waals surface area contributed by atoms with Crippen LogP contribution < -0.4 is 5.32 Å². The highest BCUT2D eigenvalue weighted by Gasteiger charge is 2.25. The van der Waals surface area contributed by atoms with E-state index in [-0.39, 0.29) is 18.2 Å². The molecule has 152 valence electrons. The molecule has 2 unspecified atom stereocenters. The van der Waals surface area contributed by atoms with E-state index in [4.69, 9.17) is 0 Å². The second-order valence-corrected chi connectivity index (χ2v) is 8.55. The molecule has 1 amide bonds. The number of thiazole rings is 1. The van der Waals surface area contributed by atoms with Gasteiger partial charge in [-0.05, 0) is 29.2 Å². The van der Waals surface area contributed by atoms with E-state index in [1.807, 2.05) is 39.0 Å². The number of hydrogen-bond acceptors (Lipinski definition) is 4. The summed E-state index contributed by atoms with van der Waals surface area (Å²) in [6, 6.07) is 13.7. The highest BCUT2D eigenvalue weighted by atomic mass is 32.1. The van der Waals surface area contributed by atoms with Crippen LogP contribution in [0.1, 0.15) is 41.4 Å². The molecule has 29 heavy (non-hydrogen) atoms. The van der Waals surface area contributed by atoms with Gasteiger partial charge in [-0.2, -0.15) is 0 Å². The zero-order valence-corrected chi connectivity index (χ0v) is 17.8. The molecule has 0 fully saturated rings. The average Bonchev–Trinajstić information content (AvgIpc) is 3.04. The highest BCUT2D eigenvalue weighted by molar-refractivity contribution is 7.11. The molecule has 0 saturated heterocycles. The fourth-order valence-electron chi connectivity index (χ4n) is 3.39. The first-order chi connectivity index (χ1) is 13.9. The minimum atomic E-state index is -0.995. The summed E-state index contributed by atoms with van der Waals surface area (Å²) < 4.78 is 0. The van der Waals surface area contributed by atoms with Crippen LogP contribution in [0.5, 0.6) is 0 Å². The Morgan fingerprint density at radius 2 is 1.90 bits per heavy atom. The first-order valence-corrected chi connectivity index (χ1v) is 10.6. The van der Waals surface area contributed by atoms with Crippen LogP contribution in [0.3, 0.4) is 0 Å². The van der Waals surface area contributed by atoms with E-state index in [0.29, 0.717) is 12.8 Å². The predicted molar refractivity (Wildman–Crippen MR) is 116 cm³/mol. The Bertz CT molecular complexity index is 1020. The highest BCUT2D eigenvalue weighted by Crippen LogP contribution is 2.25. The molecule has 1 aromatic heterocycles. The molecule has 6 heteroatoms. The Labute approximate surface area is 174 Å². The number of carboxylic acids is 1. The standard InChI is InChI=1S/C23H26N2O3S/c1-4-14(2)22(23(27)28)25-20(26)13-19-15(3)24-21(29-19)12-17-10-7-9-16-8-5-6-11-18(16)17/h5-11,14,22H,4,12-13H2,1-3H3,(H,25,26)(H,27,28). The maximum Gasteiger partial charge on any atom is 0.326 e. The molecule has 0 aliphatic carbocycles. The number of amides is 1. The van der Waals surface area contributed by atoms with Crippen molar-refractivity contribution >= 4 is 34.0 Å². The molecule has 1 heterocycles. The number of hydrogen-bond donors (Lipinski definition) is 2. The molecule has 3 aromatic rings. The third-order valence-corrected chi connectivity index (χ3v) is 6.43. The van der Waals surface area contributed by atoms with Crippen LogP contribution in [0.2, 0.25) is 0 Å². The molecule has 0 radical (unpaired) electrons. The zero-order chi connectivity index (χ0) is 21.0. The number of rotatable bonds is 8. The van der Waals surface area contributed by atoms with Crippen molar-refractivity contribution in [2.75, 3.05) is 0 Å². The number of benzene rings is 2. The summed E-state index contributed by atoms with van der Waals surface area (Å²) in [6.45, 7) is 5.65. The average molecular weight is 411 g/mol. The molecule has 0 saturated carbocycles. The fraction of sp³-hybridized carbons (Fsp3) is 0.348. The Hall–Kier alpha value is -2.73. The van der Waals surface area contributed by atoms with Crippen LogP contribution in [-0.4, -0.2) is 28.0 Å². The van der Waals surface area contributed by atoms with Crippen LogP contribution in [0.15, 0.2) is 42.5 Å². The molecule has 0 aliphatic heterocycles. The number of fused-ring (bicyclic) bond motifs is 1. The van der Waals surface area contributed by atoms with Gasteiger partial charge in [-0.3, -0.25) is 4.79 Å². The molecule has 3 rings (SSSR count). The molecule has 5 nitrogen and oxygen atoms in total. The minimum absolute atomic E-state index is 0.124. The van der Waals surface area contributed by atoms with E-state index in [9.17, 15) is 14.7 Å². The second kappa shape index (κ2) is 9.18. The number of aromatic nitrogens is 1. The molecular weight excluding hydrogens is 384 g/mol. The van der Waals surface area contributed by atoms with Crippen LogP contribution in [0.4, 0.5) is 0 Å². The van der Waals surface area contributed by atoms with Gasteiger partial charge >= 0.3 is 5.97 Å². The zero-order valence-electron chi connectivity index (χ0n) is 16.9. The van der Waals surface area contributed by atoms with Gasteiger partial charge < -0.3 is 10.4 Å². The summed E-state index contributed by atoms with van der Waals surface area (Å²) in [4.78, 5) is 29.4. The second-order valence-electron chi connectivity index (χ2n) is 7.38. The maximum atomic E-state index is 12.4. The normalized spacial score (nSPS) is 13.2. The molecule has 0 aliphatic rings. The number of carbonyl (C=O) groups excluding carboxylic acids is 1. The van der Waals surface area contributed by atoms with E-state index in [1.54, 1.807) is 0 Å². The van der Waals surface area contributed by atoms with Crippen LogP contribution in [-0.2, 0) is 22.4 Å². The van der Waals surface area contributed by atoms with Crippen molar-refractivity contribution in [1.82, 2.24) is 10.3 Å². The lowest BCUT2D eigenvalue weighted by Crippen LogP contribution is -2.45. The smallest absolute Gasteiger partial charge is 0.326 e. The van der Waals surface area contributed by atoms with E-state index in [2.05, 4.69) is 34.6 Å². The van der Waals surface area contributed by atoms with E-state index >= 15 is 0 Å². The van der Waals surface area contributed by atoms with Crippen molar-refractivity contribution < 1.29 is 14.7 Å². The maximum absolute atomic E-state index is 12.4. The monoisotopic (exact) mass is 410 g/mol. The number of aryl methyl sites for hydroxylation is 1. The summed E-state index contributed by atoms with van der Waals surface area (Å²) in [7, 11) is 0. The molecule has 2 atom stereocenters. The van der Waals surface area contributed by atoms with Crippen molar-refractivity contribution in [2.24, 2.45) is 5.92 Å². The van der Waals surface area contributed by atoms with Crippen molar-refractivity contribution in [2.45, 2.75) is 46.1 Å². The Morgan fingerprint density at radius 1 is 1.17 bits per heavy atom. The minimum Gasteiger partial charge on any atom is -0.480 e. The van der Waals surface area contributed by atoms with Crippen molar-refractivity contribution in [3.05, 3.63) is 63.6 Å². The lowest BCUT2D eigenvalue weighted by molar-refractivity contribution is -0.143. The van der Waals surface area contributed by atoms with Gasteiger partial charge in [0.1, 0.15) is 6.04 Å². The van der Waals surface area contributed by atoms with Gasteiger partial charge in [0.15, 0.2) is 0 Å². The van der Waals surface area contributed by atoms with Gasteiger partial charge in [-0.15, -0.1) is 11.3 Å². The van der Waals surface area contributed by atoms with E-state index in [0.717, 1.165) is 15.6 Å². The van der Waals surface area contributed by atoms with Gasteiger partial charge in [0.05, 0.1) is 17.1 Å². The number of carboxylic acid groups (broad SMARTS) is 1. The molecule has 2 aromatic carbocycles. The Kier molecular flexibility index (Phi) is 6.64. The largest absolute Gasteiger partial charge is 0.480 e. The van der Waals surface area contributed by atoms with Gasteiger partial charge in [-0.1, -0.05) is 62.7 Å². The van der Waals surface area contributed by atoms with Gasteiger partial charge in [0, 0.05) is 11.3 Å². The van der Waals surface area contributed by atoms with Gasteiger partial charge in [-0.25, -0.2) is 9.78 Å². The Morgan fingerprint density at radius 3 is 2.62 bits per heavy atom. The fourth-order valence-corrected chi connectivity index (χ4v) is 4.48. The van der Waals surface area contributed by atoms with Gasteiger partial charge in [0.2, 0.25) is 5.91 Å². The summed E-state index contributed by atoms with van der Waals surface area (Å²) in [6.07, 6.45) is 1.55. The van der Waals surface area contributed by atoms with Crippen molar-refractivity contribution in [3.8, 4) is 0 Å². The summed E-state index contributed by atoms with van der Waals surface area (Å²) in [5.41, 5.74) is 2.03. The third kappa shape index (κ3) is 5.01. The SMILES string of the molecule is CCC(C)C(NC(=O)Cc1sc(Cc2cccc3ccccc23)nc1C)C(=O)O. The van der Waals surface area contributed by atoms with E-state index in [1.165, 1.54) is 27.7 Å². The van der Waals surface area contributed by atoms with Crippen LogP contribution in [0, 0.1) is 12.8 Å². The Balaban J connectivity index is 1.73.